The zero-order chi connectivity index (χ0) is 28.4. The Morgan fingerprint density at radius 3 is 2.28 bits per heavy atom. The van der Waals surface area contributed by atoms with Crippen molar-refractivity contribution in [1.82, 2.24) is 13.9 Å². The fraction of sp³-hybridized carbons (Fsp3) is 0.250. The second kappa shape index (κ2) is 11.1. The number of aryl methyl sites for hydroxylation is 1. The third kappa shape index (κ3) is 6.43. The van der Waals surface area contributed by atoms with E-state index in [9.17, 15) is 21.6 Å². The minimum Gasteiger partial charge on any atom is -0.497 e. The fourth-order valence-corrected chi connectivity index (χ4v) is 5.29. The Balaban J connectivity index is 1.63. The molecule has 3 aromatic carbocycles. The molecule has 0 unspecified atom stereocenters. The first-order chi connectivity index (χ1) is 18.4. The van der Waals surface area contributed by atoms with Gasteiger partial charge < -0.3 is 14.6 Å². The van der Waals surface area contributed by atoms with E-state index < -0.39 is 21.8 Å². The van der Waals surface area contributed by atoms with Crippen molar-refractivity contribution in [3.63, 3.8) is 0 Å². The van der Waals surface area contributed by atoms with E-state index in [1.807, 2.05) is 6.92 Å². The van der Waals surface area contributed by atoms with E-state index in [1.165, 1.54) is 29.6 Å². The lowest BCUT2D eigenvalue weighted by Gasteiger charge is -2.21. The van der Waals surface area contributed by atoms with Crippen molar-refractivity contribution in [2.45, 2.75) is 30.6 Å². The molecule has 0 aliphatic heterocycles. The third-order valence-corrected chi connectivity index (χ3v) is 8.15. The first-order valence-electron chi connectivity index (χ1n) is 12.0. The topological polar surface area (TPSA) is 76.5 Å². The van der Waals surface area contributed by atoms with Crippen LogP contribution in [0.3, 0.4) is 0 Å². The van der Waals surface area contributed by atoms with Gasteiger partial charge in [-0.05, 0) is 60.5 Å². The summed E-state index contributed by atoms with van der Waals surface area (Å²) in [5.74, 6) is 0.679. The quantitative estimate of drug-likeness (QED) is 0.268. The number of nitrogens with zero attached hydrogens (tertiary/aromatic N) is 3. The maximum absolute atomic E-state index is 13.5. The van der Waals surface area contributed by atoms with Gasteiger partial charge in [0.15, 0.2) is 0 Å². The lowest BCUT2D eigenvalue weighted by Crippen LogP contribution is -2.26. The molecule has 0 saturated carbocycles. The molecule has 206 valence electrons. The Labute approximate surface area is 225 Å². The van der Waals surface area contributed by atoms with Crippen LogP contribution >= 0.6 is 0 Å². The minimum absolute atomic E-state index is 0.0897. The number of halogens is 3. The minimum atomic E-state index is -4.41. The van der Waals surface area contributed by atoms with Gasteiger partial charge in [-0.2, -0.15) is 17.5 Å². The highest BCUT2D eigenvalue weighted by molar-refractivity contribution is 7.89. The van der Waals surface area contributed by atoms with Gasteiger partial charge in [-0.25, -0.2) is 13.4 Å². The van der Waals surface area contributed by atoms with Crippen molar-refractivity contribution in [2.75, 3.05) is 19.5 Å². The number of alkyl halides is 3. The molecule has 0 saturated heterocycles. The van der Waals surface area contributed by atoms with Crippen molar-refractivity contribution >= 4 is 15.7 Å². The van der Waals surface area contributed by atoms with Crippen LogP contribution in [0.25, 0.3) is 11.3 Å². The van der Waals surface area contributed by atoms with Crippen LogP contribution in [0.2, 0.25) is 0 Å². The molecule has 11 heteroatoms. The van der Waals surface area contributed by atoms with Crippen LogP contribution in [0.4, 0.5) is 18.9 Å². The van der Waals surface area contributed by atoms with E-state index in [0.29, 0.717) is 28.3 Å². The first-order valence-corrected chi connectivity index (χ1v) is 13.5. The van der Waals surface area contributed by atoms with E-state index in [4.69, 9.17) is 4.74 Å². The molecule has 39 heavy (non-hydrogen) atoms. The molecule has 1 aromatic heterocycles. The molecule has 0 aliphatic carbocycles. The highest BCUT2D eigenvalue weighted by Crippen LogP contribution is 2.34. The van der Waals surface area contributed by atoms with E-state index in [0.717, 1.165) is 17.7 Å². The largest absolute Gasteiger partial charge is 0.497 e. The lowest BCUT2D eigenvalue weighted by atomic mass is 10.0. The molecule has 4 aromatic rings. The third-order valence-electron chi connectivity index (χ3n) is 6.35. The van der Waals surface area contributed by atoms with Crippen molar-refractivity contribution in [1.29, 1.82) is 0 Å². The second-order valence-electron chi connectivity index (χ2n) is 9.23. The number of rotatable bonds is 9. The van der Waals surface area contributed by atoms with Crippen molar-refractivity contribution < 1.29 is 26.3 Å². The summed E-state index contributed by atoms with van der Waals surface area (Å²) in [6, 6.07) is 16.4. The highest BCUT2D eigenvalue weighted by Gasteiger charge is 2.30. The number of benzene rings is 3. The molecule has 0 aliphatic rings. The summed E-state index contributed by atoms with van der Waals surface area (Å²) < 4.78 is 74.1. The number of nitrogens with one attached hydrogen (secondary N) is 1. The summed E-state index contributed by atoms with van der Waals surface area (Å²) in [5, 5.41) is 3.30. The number of imidazole rings is 1. The van der Waals surface area contributed by atoms with Crippen LogP contribution < -0.4 is 10.1 Å². The van der Waals surface area contributed by atoms with Gasteiger partial charge in [-0.15, -0.1) is 0 Å². The Hall–Kier alpha value is -3.83. The summed E-state index contributed by atoms with van der Waals surface area (Å²) >= 11 is 0. The molecular formula is C28H29F3N4O3S. The van der Waals surface area contributed by atoms with E-state index >= 15 is 0 Å². The first kappa shape index (κ1) is 28.2. The van der Waals surface area contributed by atoms with Crippen LogP contribution in [-0.2, 0) is 29.8 Å². The number of methoxy groups -OCH3 is 1. The molecule has 4 rings (SSSR count). The van der Waals surface area contributed by atoms with E-state index in [1.54, 1.807) is 67.6 Å². The van der Waals surface area contributed by atoms with Crippen molar-refractivity contribution in [3.8, 4) is 17.0 Å². The fourth-order valence-electron chi connectivity index (χ4n) is 4.10. The molecule has 7 nitrogen and oxygen atoms in total. The summed E-state index contributed by atoms with van der Waals surface area (Å²) in [4.78, 5) is 4.48. The molecule has 0 fully saturated rings. The van der Waals surface area contributed by atoms with Crippen LogP contribution in [0.5, 0.6) is 5.75 Å². The number of ether oxygens (including phenoxy) is 1. The van der Waals surface area contributed by atoms with Gasteiger partial charge in [0.05, 0.1) is 29.6 Å². The van der Waals surface area contributed by atoms with Gasteiger partial charge in [0.2, 0.25) is 10.0 Å². The molecular weight excluding hydrogens is 529 g/mol. The number of hydrogen-bond acceptors (Lipinski definition) is 5. The molecule has 0 amide bonds. The van der Waals surface area contributed by atoms with Crippen LogP contribution in [0.1, 0.15) is 29.7 Å². The Morgan fingerprint density at radius 1 is 1.05 bits per heavy atom. The molecule has 1 N–H and O–H groups in total. The predicted octanol–water partition coefficient (Wildman–Crippen LogP) is 6.11. The van der Waals surface area contributed by atoms with E-state index in [2.05, 4.69) is 10.3 Å². The molecule has 0 radical (unpaired) electrons. The van der Waals surface area contributed by atoms with Crippen LogP contribution in [0.15, 0.2) is 84.1 Å². The van der Waals surface area contributed by atoms with Gasteiger partial charge in [0.1, 0.15) is 5.75 Å². The van der Waals surface area contributed by atoms with Gasteiger partial charge in [-0.1, -0.05) is 24.3 Å². The standard InChI is InChI=1S/C28H29F3N4O3S/c1-19(21-7-9-22(10-8-21)28(29,30)31)33-26-14-13-24(15-25(26)27-17-34(2)18-32-27)39(36,37)35(3)16-20-5-11-23(38-4)12-6-20/h5-15,17-19,33H,16H2,1-4H3/t19-/m0/s1. The molecule has 0 spiro atoms. The highest BCUT2D eigenvalue weighted by atomic mass is 32.2. The van der Waals surface area contributed by atoms with Crippen molar-refractivity contribution in [2.24, 2.45) is 7.05 Å². The van der Waals surface area contributed by atoms with Crippen LogP contribution in [-0.4, -0.2) is 36.4 Å². The van der Waals surface area contributed by atoms with Gasteiger partial charge >= 0.3 is 6.18 Å². The Bertz CT molecular complexity index is 1530. The number of anilines is 1. The smallest absolute Gasteiger partial charge is 0.416 e. The lowest BCUT2D eigenvalue weighted by molar-refractivity contribution is -0.137. The van der Waals surface area contributed by atoms with Gasteiger partial charge in [-0.3, -0.25) is 0 Å². The number of aromatic nitrogens is 2. The SMILES string of the molecule is COc1ccc(CN(C)S(=O)(=O)c2ccc(N[C@@H](C)c3ccc(C(F)(F)F)cc3)c(-c3cn(C)cn3)c2)cc1. The van der Waals surface area contributed by atoms with Gasteiger partial charge in [0, 0.05) is 44.1 Å². The number of hydrogen-bond donors (Lipinski definition) is 1. The molecule has 1 atom stereocenters. The zero-order valence-electron chi connectivity index (χ0n) is 21.9. The average molecular weight is 559 g/mol. The summed E-state index contributed by atoms with van der Waals surface area (Å²) in [6.07, 6.45) is -1.04. The van der Waals surface area contributed by atoms with Gasteiger partial charge in [0.25, 0.3) is 0 Å². The second-order valence-corrected chi connectivity index (χ2v) is 11.3. The molecule has 1 heterocycles. The monoisotopic (exact) mass is 558 g/mol. The summed E-state index contributed by atoms with van der Waals surface area (Å²) in [5.41, 5.74) is 2.42. The number of sulfonamides is 1. The maximum atomic E-state index is 13.5. The Kier molecular flexibility index (Phi) is 8.03. The van der Waals surface area contributed by atoms with E-state index in [-0.39, 0.29) is 17.5 Å². The molecule has 0 bridgehead atoms. The summed E-state index contributed by atoms with van der Waals surface area (Å²) in [6.45, 7) is 1.98. The normalized spacial score (nSPS) is 12.9. The van der Waals surface area contributed by atoms with Crippen LogP contribution in [0, 0.1) is 0 Å². The Morgan fingerprint density at radius 2 is 1.72 bits per heavy atom. The zero-order valence-corrected chi connectivity index (χ0v) is 22.7. The van der Waals surface area contributed by atoms with Crippen molar-refractivity contribution in [3.05, 3.63) is 95.9 Å². The summed E-state index contributed by atoms with van der Waals surface area (Å²) in [7, 11) is 1.02. The average Bonchev–Trinajstić information content (AvgIpc) is 3.34. The predicted molar refractivity (Wildman–Crippen MR) is 144 cm³/mol. The maximum Gasteiger partial charge on any atom is 0.416 e.